The fourth-order valence-corrected chi connectivity index (χ4v) is 7.63. The van der Waals surface area contributed by atoms with E-state index in [9.17, 15) is 18.3 Å². The average molecular weight is 649 g/mol. The summed E-state index contributed by atoms with van der Waals surface area (Å²) in [5, 5.41) is 17.2. The van der Waals surface area contributed by atoms with Crippen molar-refractivity contribution in [3.63, 3.8) is 0 Å². The molecule has 0 bridgehead atoms. The predicted octanol–water partition coefficient (Wildman–Crippen LogP) is 1.73. The standard InChI is InChI=1S/C31H44N4O9S/c1-40-25-13-19(14-26(41-2)30(25)36)27-20-15-23-24(44-18-43-23)16-21(20)29(22-17-42-31(37)28(22)27)35-45(38,39)12-11-34-10-6-5-9-33-8-4-3-7-32/h13-16,22,27-29,33-36H,3-12,17-18,32H2,1-2H3. The van der Waals surface area contributed by atoms with Gasteiger partial charge in [0.1, 0.15) is 0 Å². The summed E-state index contributed by atoms with van der Waals surface area (Å²) in [5.41, 5.74) is 7.52. The molecule has 0 spiro atoms. The quantitative estimate of drug-likeness (QED) is 0.124. The van der Waals surface area contributed by atoms with Crippen molar-refractivity contribution in [2.75, 3.05) is 66.1 Å². The summed E-state index contributed by atoms with van der Waals surface area (Å²) in [7, 11) is -0.898. The molecule has 1 saturated heterocycles. The molecule has 1 fully saturated rings. The molecule has 6 N–H and O–H groups in total. The van der Waals surface area contributed by atoms with E-state index in [2.05, 4.69) is 15.4 Å². The number of methoxy groups -OCH3 is 2. The highest BCUT2D eigenvalue weighted by Gasteiger charge is 2.53. The molecule has 45 heavy (non-hydrogen) atoms. The number of benzene rings is 2. The molecule has 0 aromatic heterocycles. The first-order chi connectivity index (χ1) is 21.8. The Labute approximate surface area is 264 Å². The van der Waals surface area contributed by atoms with Gasteiger partial charge in [-0.15, -0.1) is 0 Å². The number of esters is 1. The van der Waals surface area contributed by atoms with Crippen LogP contribution in [0.5, 0.6) is 28.7 Å². The van der Waals surface area contributed by atoms with Gasteiger partial charge >= 0.3 is 5.97 Å². The monoisotopic (exact) mass is 648 g/mol. The number of cyclic esters (lactones) is 1. The smallest absolute Gasteiger partial charge is 0.310 e. The number of sulfonamides is 1. The Morgan fingerprint density at radius 1 is 0.889 bits per heavy atom. The number of rotatable bonds is 17. The minimum atomic E-state index is -3.76. The molecular weight excluding hydrogens is 604 g/mol. The molecule has 248 valence electrons. The Balaban J connectivity index is 1.34. The number of aromatic hydroxyl groups is 1. The van der Waals surface area contributed by atoms with Crippen LogP contribution in [0.4, 0.5) is 0 Å². The maximum Gasteiger partial charge on any atom is 0.310 e. The van der Waals surface area contributed by atoms with Crippen LogP contribution in [0.15, 0.2) is 24.3 Å². The lowest BCUT2D eigenvalue weighted by atomic mass is 9.65. The van der Waals surface area contributed by atoms with E-state index in [1.807, 2.05) is 0 Å². The van der Waals surface area contributed by atoms with E-state index in [-0.39, 0.29) is 36.4 Å². The Kier molecular flexibility index (Phi) is 10.9. The first-order valence-corrected chi connectivity index (χ1v) is 17.1. The number of carbonyl (C=O) groups excluding carboxylic acids is 1. The molecule has 5 rings (SSSR count). The van der Waals surface area contributed by atoms with Gasteiger partial charge in [-0.25, -0.2) is 13.1 Å². The van der Waals surface area contributed by atoms with Crippen molar-refractivity contribution in [3.05, 3.63) is 41.0 Å². The fourth-order valence-electron chi connectivity index (χ4n) is 6.41. The van der Waals surface area contributed by atoms with Gasteiger partial charge in [-0.1, -0.05) is 0 Å². The van der Waals surface area contributed by atoms with Gasteiger partial charge in [0, 0.05) is 18.4 Å². The highest BCUT2D eigenvalue weighted by molar-refractivity contribution is 7.89. The summed E-state index contributed by atoms with van der Waals surface area (Å²) in [6, 6.07) is 6.17. The molecule has 4 atom stereocenters. The van der Waals surface area contributed by atoms with Crippen LogP contribution in [0, 0.1) is 11.8 Å². The molecule has 1 aliphatic carbocycles. The molecular formula is C31H44N4O9S. The third kappa shape index (κ3) is 7.41. The Bertz CT molecular complexity index is 1430. The molecule has 2 heterocycles. The lowest BCUT2D eigenvalue weighted by Gasteiger charge is -2.39. The maximum absolute atomic E-state index is 13.4. The van der Waals surface area contributed by atoms with E-state index in [1.54, 1.807) is 24.3 Å². The second kappa shape index (κ2) is 14.9. The number of phenolic OH excluding ortho intramolecular Hbond substituents is 1. The average Bonchev–Trinajstić information content (AvgIpc) is 3.65. The van der Waals surface area contributed by atoms with E-state index in [1.165, 1.54) is 14.2 Å². The largest absolute Gasteiger partial charge is 0.502 e. The van der Waals surface area contributed by atoms with E-state index < -0.39 is 39.8 Å². The Morgan fingerprint density at radius 3 is 2.11 bits per heavy atom. The van der Waals surface area contributed by atoms with Crippen molar-refractivity contribution in [3.8, 4) is 28.7 Å². The number of nitrogens with two attached hydrogens (primary N) is 1. The lowest BCUT2D eigenvalue weighted by molar-refractivity contribution is -0.141. The van der Waals surface area contributed by atoms with E-state index in [4.69, 9.17) is 29.4 Å². The Hall–Kier alpha value is -3.30. The minimum absolute atomic E-state index is 0.0328. The molecule has 2 aromatic carbocycles. The number of phenols is 1. The molecule has 14 heteroatoms. The molecule has 4 unspecified atom stereocenters. The summed E-state index contributed by atoms with van der Waals surface area (Å²) < 4.78 is 57.4. The van der Waals surface area contributed by atoms with Gasteiger partial charge in [0.2, 0.25) is 22.6 Å². The number of hydrogen-bond acceptors (Lipinski definition) is 12. The van der Waals surface area contributed by atoms with Crippen molar-refractivity contribution in [1.29, 1.82) is 0 Å². The van der Waals surface area contributed by atoms with Crippen LogP contribution in [0.25, 0.3) is 0 Å². The third-order valence-electron chi connectivity index (χ3n) is 8.67. The van der Waals surface area contributed by atoms with Crippen LogP contribution in [-0.2, 0) is 19.6 Å². The van der Waals surface area contributed by atoms with Crippen LogP contribution in [0.2, 0.25) is 0 Å². The Morgan fingerprint density at radius 2 is 1.49 bits per heavy atom. The predicted molar refractivity (Wildman–Crippen MR) is 166 cm³/mol. The highest BCUT2D eigenvalue weighted by Crippen LogP contribution is 2.55. The fraction of sp³-hybridized carbons (Fsp3) is 0.581. The number of carbonyl (C=O) groups is 1. The highest BCUT2D eigenvalue weighted by atomic mass is 32.2. The van der Waals surface area contributed by atoms with Crippen molar-refractivity contribution >= 4 is 16.0 Å². The molecule has 2 aliphatic heterocycles. The van der Waals surface area contributed by atoms with Crippen LogP contribution in [0.1, 0.15) is 54.3 Å². The number of ether oxygens (including phenoxy) is 5. The molecule has 0 amide bonds. The number of nitrogens with one attached hydrogen (secondary N) is 3. The summed E-state index contributed by atoms with van der Waals surface area (Å²) in [5.74, 6) is -1.13. The van der Waals surface area contributed by atoms with Crippen molar-refractivity contribution < 1.29 is 42.0 Å². The van der Waals surface area contributed by atoms with Crippen molar-refractivity contribution in [2.24, 2.45) is 17.6 Å². The first-order valence-electron chi connectivity index (χ1n) is 15.4. The molecule has 2 aromatic rings. The van der Waals surface area contributed by atoms with Gasteiger partial charge in [0.15, 0.2) is 23.0 Å². The molecule has 0 radical (unpaired) electrons. The van der Waals surface area contributed by atoms with Crippen molar-refractivity contribution in [2.45, 2.75) is 37.6 Å². The maximum atomic E-state index is 13.4. The van der Waals surface area contributed by atoms with E-state index >= 15 is 0 Å². The summed E-state index contributed by atoms with van der Waals surface area (Å²) >= 11 is 0. The van der Waals surface area contributed by atoms with Crippen molar-refractivity contribution in [1.82, 2.24) is 15.4 Å². The van der Waals surface area contributed by atoms with Crippen LogP contribution >= 0.6 is 0 Å². The van der Waals surface area contributed by atoms with Crippen LogP contribution in [-0.4, -0.2) is 85.6 Å². The topological polar surface area (TPSA) is 180 Å². The van der Waals surface area contributed by atoms with Gasteiger partial charge in [-0.05, 0) is 92.8 Å². The minimum Gasteiger partial charge on any atom is -0.502 e. The zero-order valence-corrected chi connectivity index (χ0v) is 26.6. The normalized spacial score (nSPS) is 21.7. The number of fused-ring (bicyclic) bond motifs is 3. The molecule has 3 aliphatic rings. The van der Waals surface area contributed by atoms with Gasteiger partial charge in [0.05, 0.1) is 38.5 Å². The van der Waals surface area contributed by atoms with Gasteiger partial charge in [0.25, 0.3) is 0 Å². The van der Waals surface area contributed by atoms with Crippen LogP contribution < -0.4 is 40.0 Å². The number of hydrogen-bond donors (Lipinski definition) is 5. The second-order valence-electron chi connectivity index (χ2n) is 11.5. The van der Waals surface area contributed by atoms with Gasteiger partial charge < -0.3 is 45.2 Å². The zero-order valence-electron chi connectivity index (χ0n) is 25.8. The van der Waals surface area contributed by atoms with Gasteiger partial charge in [-0.2, -0.15) is 0 Å². The SMILES string of the molecule is COc1cc(C2c3cc4c(cc3C(NS(=O)(=O)CCNCCCCNCCCCN)C3COC(=O)C23)OCO4)cc(OC)c1O. The first kappa shape index (κ1) is 33.1. The van der Waals surface area contributed by atoms with E-state index in [0.29, 0.717) is 47.8 Å². The lowest BCUT2D eigenvalue weighted by Crippen LogP contribution is -2.44. The molecule has 0 saturated carbocycles. The summed E-state index contributed by atoms with van der Waals surface area (Å²) in [4.78, 5) is 13.3. The van der Waals surface area contributed by atoms with E-state index in [0.717, 1.165) is 38.8 Å². The molecule has 13 nitrogen and oxygen atoms in total. The zero-order chi connectivity index (χ0) is 32.0. The van der Waals surface area contributed by atoms with Gasteiger partial charge in [-0.3, -0.25) is 4.79 Å². The second-order valence-corrected chi connectivity index (χ2v) is 13.4. The summed E-state index contributed by atoms with van der Waals surface area (Å²) in [6.45, 7) is 3.66. The number of unbranched alkanes of at least 4 members (excludes halogenated alkanes) is 2. The summed E-state index contributed by atoms with van der Waals surface area (Å²) in [6.07, 6.45) is 4.00. The third-order valence-corrected chi connectivity index (χ3v) is 10.0. The van der Waals surface area contributed by atoms with Crippen LogP contribution in [0.3, 0.4) is 0 Å².